The minimum atomic E-state index is -0.592. The maximum absolute atomic E-state index is 12.8. The van der Waals surface area contributed by atoms with Crippen LogP contribution in [-0.4, -0.2) is 41.6 Å². The molecule has 2 amide bonds. The normalized spacial score (nSPS) is 17.7. The Bertz CT molecular complexity index is 792. The molecule has 7 heteroatoms. The van der Waals surface area contributed by atoms with Crippen molar-refractivity contribution in [3.63, 3.8) is 0 Å². The molecule has 3 rings (SSSR count). The predicted octanol–water partition coefficient (Wildman–Crippen LogP) is 3.63. The summed E-state index contributed by atoms with van der Waals surface area (Å²) in [7, 11) is 1.54. The molecule has 0 spiro atoms. The Morgan fingerprint density at radius 2 is 2.00 bits per heavy atom. The third kappa shape index (κ3) is 3.80. The van der Waals surface area contributed by atoms with Gasteiger partial charge in [0.25, 0.3) is 0 Å². The third-order valence-electron chi connectivity index (χ3n) is 4.38. The van der Waals surface area contributed by atoms with E-state index in [9.17, 15) is 9.59 Å². The molecule has 1 saturated heterocycles. The van der Waals surface area contributed by atoms with Crippen LogP contribution in [0.2, 0.25) is 5.02 Å². The van der Waals surface area contributed by atoms with Crippen molar-refractivity contribution >= 4 is 23.6 Å². The smallest absolute Gasteiger partial charge is 0.416 e. The molecular weight excluding hydrogens is 356 g/mol. The molecule has 2 unspecified atom stereocenters. The fourth-order valence-corrected chi connectivity index (χ4v) is 3.10. The summed E-state index contributed by atoms with van der Waals surface area (Å²) in [6, 6.07) is 10.6. The molecule has 2 aromatic rings. The highest BCUT2D eigenvalue weighted by Gasteiger charge is 2.36. The Kier molecular flexibility index (Phi) is 5.42. The monoisotopic (exact) mass is 374 g/mol. The number of carbonyl (C=O) groups excluding carboxylic acids is 2. The second-order valence-corrected chi connectivity index (χ2v) is 6.57. The van der Waals surface area contributed by atoms with E-state index in [-0.39, 0.29) is 30.9 Å². The number of cyclic esters (lactones) is 1. The number of methoxy groups -OCH3 is 1. The molecule has 1 fully saturated rings. The van der Waals surface area contributed by atoms with E-state index in [0.29, 0.717) is 10.9 Å². The molecule has 0 aliphatic carbocycles. The largest absolute Gasteiger partial charge is 0.481 e. The van der Waals surface area contributed by atoms with E-state index in [1.807, 2.05) is 18.2 Å². The first-order valence-electron chi connectivity index (χ1n) is 8.24. The van der Waals surface area contributed by atoms with Crippen LogP contribution in [0.15, 0.2) is 42.6 Å². The number of rotatable bonds is 5. The molecule has 0 saturated carbocycles. The number of hydrogen-bond donors (Lipinski definition) is 0. The van der Waals surface area contributed by atoms with E-state index in [1.54, 1.807) is 38.4 Å². The molecule has 0 radical (unpaired) electrons. The highest BCUT2D eigenvalue weighted by Crippen LogP contribution is 2.31. The SMILES string of the molecule is COc1ccc(C(CC(=O)N2C(=O)OCC2C)c2ccc(Cl)cc2)cn1. The van der Waals surface area contributed by atoms with Crippen molar-refractivity contribution < 1.29 is 19.1 Å². The van der Waals surface area contributed by atoms with Crippen molar-refractivity contribution in [2.75, 3.05) is 13.7 Å². The Morgan fingerprint density at radius 1 is 1.31 bits per heavy atom. The van der Waals surface area contributed by atoms with Crippen molar-refractivity contribution in [2.24, 2.45) is 0 Å². The average Bonchev–Trinajstić information content (AvgIpc) is 2.99. The van der Waals surface area contributed by atoms with Gasteiger partial charge < -0.3 is 9.47 Å². The second kappa shape index (κ2) is 7.74. The van der Waals surface area contributed by atoms with Crippen LogP contribution in [0.4, 0.5) is 4.79 Å². The molecule has 136 valence electrons. The van der Waals surface area contributed by atoms with Gasteiger partial charge in [-0.25, -0.2) is 14.7 Å². The topological polar surface area (TPSA) is 68.7 Å². The van der Waals surface area contributed by atoms with Gasteiger partial charge in [0.05, 0.1) is 13.2 Å². The van der Waals surface area contributed by atoms with Crippen LogP contribution in [0.5, 0.6) is 5.88 Å². The molecular formula is C19H19ClN2O4. The summed E-state index contributed by atoms with van der Waals surface area (Å²) < 4.78 is 10.1. The lowest BCUT2D eigenvalue weighted by molar-refractivity contribution is -0.129. The Hall–Kier alpha value is -2.60. The number of amides is 2. The lowest BCUT2D eigenvalue weighted by Crippen LogP contribution is -2.38. The molecule has 1 aliphatic heterocycles. The number of ether oxygens (including phenoxy) is 2. The van der Waals surface area contributed by atoms with Gasteiger partial charge in [0.15, 0.2) is 0 Å². The van der Waals surface area contributed by atoms with E-state index in [2.05, 4.69) is 4.98 Å². The fourth-order valence-electron chi connectivity index (χ4n) is 2.98. The van der Waals surface area contributed by atoms with Gasteiger partial charge in [0.2, 0.25) is 11.8 Å². The first-order valence-corrected chi connectivity index (χ1v) is 8.61. The summed E-state index contributed by atoms with van der Waals surface area (Å²) >= 11 is 5.98. The van der Waals surface area contributed by atoms with Crippen LogP contribution >= 0.6 is 11.6 Å². The van der Waals surface area contributed by atoms with Crippen LogP contribution in [-0.2, 0) is 9.53 Å². The standard InChI is InChI=1S/C19H19ClN2O4/c1-12-11-26-19(24)22(12)18(23)9-16(13-3-6-15(20)7-4-13)14-5-8-17(25-2)21-10-14/h3-8,10,12,16H,9,11H2,1-2H3. The quantitative estimate of drug-likeness (QED) is 0.799. The summed E-state index contributed by atoms with van der Waals surface area (Å²) in [6.45, 7) is 2.01. The summed E-state index contributed by atoms with van der Waals surface area (Å²) in [5, 5.41) is 0.614. The van der Waals surface area contributed by atoms with Gasteiger partial charge >= 0.3 is 6.09 Å². The van der Waals surface area contributed by atoms with Gasteiger partial charge in [-0.2, -0.15) is 0 Å². The summed E-state index contributed by atoms with van der Waals surface area (Å²) in [6.07, 6.45) is 1.21. The van der Waals surface area contributed by atoms with Crippen LogP contribution < -0.4 is 4.74 Å². The van der Waals surface area contributed by atoms with Gasteiger partial charge in [0.1, 0.15) is 6.61 Å². The number of benzene rings is 1. The summed E-state index contributed by atoms with van der Waals surface area (Å²) in [5.74, 6) is -0.0544. The molecule has 0 N–H and O–H groups in total. The maximum atomic E-state index is 12.8. The van der Waals surface area contributed by atoms with Crippen LogP contribution in [0.1, 0.15) is 30.4 Å². The average molecular weight is 375 g/mol. The Balaban J connectivity index is 1.90. The minimum absolute atomic E-state index is 0.120. The summed E-state index contributed by atoms with van der Waals surface area (Å²) in [4.78, 5) is 30.0. The molecule has 6 nitrogen and oxygen atoms in total. The molecule has 26 heavy (non-hydrogen) atoms. The van der Waals surface area contributed by atoms with Gasteiger partial charge in [-0.1, -0.05) is 29.8 Å². The van der Waals surface area contributed by atoms with E-state index in [4.69, 9.17) is 21.1 Å². The fraction of sp³-hybridized carbons (Fsp3) is 0.316. The lowest BCUT2D eigenvalue weighted by atomic mass is 9.89. The van der Waals surface area contributed by atoms with E-state index in [0.717, 1.165) is 11.1 Å². The third-order valence-corrected chi connectivity index (χ3v) is 4.63. The lowest BCUT2D eigenvalue weighted by Gasteiger charge is -2.22. The van der Waals surface area contributed by atoms with Gasteiger partial charge in [0, 0.05) is 29.6 Å². The molecule has 1 aromatic carbocycles. The van der Waals surface area contributed by atoms with Gasteiger partial charge in [-0.05, 0) is 30.2 Å². The highest BCUT2D eigenvalue weighted by atomic mass is 35.5. The minimum Gasteiger partial charge on any atom is -0.481 e. The van der Waals surface area contributed by atoms with Crippen molar-refractivity contribution in [1.29, 1.82) is 0 Å². The predicted molar refractivity (Wildman–Crippen MR) is 96.4 cm³/mol. The number of hydrogen-bond acceptors (Lipinski definition) is 5. The van der Waals surface area contributed by atoms with Crippen molar-refractivity contribution in [2.45, 2.75) is 25.3 Å². The van der Waals surface area contributed by atoms with Gasteiger partial charge in [-0.3, -0.25) is 4.79 Å². The first kappa shape index (κ1) is 18.2. The van der Waals surface area contributed by atoms with Gasteiger partial charge in [-0.15, -0.1) is 0 Å². The first-order chi connectivity index (χ1) is 12.5. The molecule has 1 aromatic heterocycles. The zero-order valence-corrected chi connectivity index (χ0v) is 15.3. The van der Waals surface area contributed by atoms with Crippen molar-refractivity contribution in [1.82, 2.24) is 9.88 Å². The second-order valence-electron chi connectivity index (χ2n) is 6.13. The molecule has 2 heterocycles. The zero-order chi connectivity index (χ0) is 18.7. The van der Waals surface area contributed by atoms with Crippen LogP contribution in [0.25, 0.3) is 0 Å². The Labute approximate surface area is 156 Å². The number of aromatic nitrogens is 1. The number of imide groups is 1. The maximum Gasteiger partial charge on any atom is 0.416 e. The van der Waals surface area contributed by atoms with Crippen molar-refractivity contribution in [3.05, 3.63) is 58.7 Å². The number of pyridine rings is 1. The summed E-state index contributed by atoms with van der Waals surface area (Å²) in [5.41, 5.74) is 1.76. The zero-order valence-electron chi connectivity index (χ0n) is 14.5. The number of carbonyl (C=O) groups is 2. The number of halogens is 1. The highest BCUT2D eigenvalue weighted by molar-refractivity contribution is 6.30. The van der Waals surface area contributed by atoms with Crippen molar-refractivity contribution in [3.8, 4) is 5.88 Å². The van der Waals surface area contributed by atoms with Crippen LogP contribution in [0, 0.1) is 0 Å². The van der Waals surface area contributed by atoms with E-state index >= 15 is 0 Å². The van der Waals surface area contributed by atoms with E-state index < -0.39 is 6.09 Å². The number of nitrogens with zero attached hydrogens (tertiary/aromatic N) is 2. The van der Waals surface area contributed by atoms with Crippen LogP contribution in [0.3, 0.4) is 0 Å². The molecule has 1 aliphatic rings. The Morgan fingerprint density at radius 3 is 2.54 bits per heavy atom. The molecule has 2 atom stereocenters. The van der Waals surface area contributed by atoms with E-state index in [1.165, 1.54) is 4.90 Å². The molecule has 0 bridgehead atoms.